The Bertz CT molecular complexity index is 863. The Morgan fingerprint density at radius 3 is 2.96 bits per heavy atom. The van der Waals surface area contributed by atoms with Gasteiger partial charge in [-0.2, -0.15) is 0 Å². The molecule has 0 unspecified atom stereocenters. The summed E-state index contributed by atoms with van der Waals surface area (Å²) in [6.07, 6.45) is 7.74. The van der Waals surface area contributed by atoms with E-state index in [2.05, 4.69) is 5.32 Å². The average Bonchev–Trinajstić information content (AvgIpc) is 3.18. The summed E-state index contributed by atoms with van der Waals surface area (Å²) in [7, 11) is 1.61. The molecular formula is C19H20N2O3S. The number of nitrogens with zero attached hydrogens (tertiary/aromatic N) is 1. The topological polar surface area (TPSA) is 63.8 Å². The minimum absolute atomic E-state index is 0.119. The van der Waals surface area contributed by atoms with Gasteiger partial charge < -0.3 is 14.5 Å². The van der Waals surface area contributed by atoms with E-state index in [0.29, 0.717) is 33.2 Å². The molecule has 0 spiro atoms. The van der Waals surface area contributed by atoms with Crippen molar-refractivity contribution in [2.45, 2.75) is 38.1 Å². The molecule has 5 nitrogen and oxygen atoms in total. The molecule has 1 aromatic carbocycles. The van der Waals surface area contributed by atoms with Gasteiger partial charge in [0.25, 0.3) is 5.91 Å². The van der Waals surface area contributed by atoms with Gasteiger partial charge in [0, 0.05) is 11.5 Å². The highest BCUT2D eigenvalue weighted by Gasteiger charge is 2.25. The van der Waals surface area contributed by atoms with Gasteiger partial charge in [-0.05, 0) is 36.7 Å². The number of thioether (sulfide) groups is 1. The lowest BCUT2D eigenvalue weighted by atomic mass is 9.96. The number of furan rings is 1. The van der Waals surface area contributed by atoms with Gasteiger partial charge in [-0.25, -0.2) is 0 Å². The Balaban J connectivity index is 1.57. The molecule has 25 heavy (non-hydrogen) atoms. The molecule has 1 saturated carbocycles. The highest BCUT2D eigenvalue weighted by atomic mass is 32.2. The number of hydrogen-bond donors (Lipinski definition) is 1. The van der Waals surface area contributed by atoms with Crippen LogP contribution in [-0.2, 0) is 4.79 Å². The van der Waals surface area contributed by atoms with Crippen molar-refractivity contribution < 1.29 is 13.9 Å². The third-order valence-electron chi connectivity index (χ3n) is 4.55. The third-order valence-corrected chi connectivity index (χ3v) is 5.47. The SMILES string of the molecule is COc1cccc2cc(/C=C3\SC(=NC4CCCCC4)NC3=O)oc12. The fraction of sp³-hybridized carbons (Fsp3) is 0.368. The van der Waals surface area contributed by atoms with E-state index in [9.17, 15) is 4.79 Å². The molecule has 1 aliphatic heterocycles. The number of methoxy groups -OCH3 is 1. The number of hydrogen-bond acceptors (Lipinski definition) is 5. The van der Waals surface area contributed by atoms with Crippen molar-refractivity contribution in [1.82, 2.24) is 5.32 Å². The number of amidine groups is 1. The fourth-order valence-electron chi connectivity index (χ4n) is 3.28. The Morgan fingerprint density at radius 1 is 1.32 bits per heavy atom. The molecule has 1 amide bonds. The number of nitrogens with one attached hydrogen (secondary N) is 1. The summed E-state index contributed by atoms with van der Waals surface area (Å²) < 4.78 is 11.2. The quantitative estimate of drug-likeness (QED) is 0.831. The van der Waals surface area contributed by atoms with E-state index in [-0.39, 0.29) is 5.91 Å². The first-order valence-corrected chi connectivity index (χ1v) is 9.40. The maximum Gasteiger partial charge on any atom is 0.264 e. The molecular weight excluding hydrogens is 336 g/mol. The van der Waals surface area contributed by atoms with Crippen LogP contribution in [0.25, 0.3) is 17.0 Å². The standard InChI is InChI=1S/C19H20N2O3S/c1-23-15-9-5-6-12-10-14(24-17(12)15)11-16-18(22)21-19(25-16)20-13-7-3-2-4-8-13/h5-6,9-11,13H,2-4,7-8H2,1H3,(H,20,21,22)/b16-11-. The van der Waals surface area contributed by atoms with Gasteiger partial charge in [0.2, 0.25) is 0 Å². The summed E-state index contributed by atoms with van der Waals surface area (Å²) in [4.78, 5) is 17.5. The fourth-order valence-corrected chi connectivity index (χ4v) is 4.15. The monoisotopic (exact) mass is 356 g/mol. The maximum absolute atomic E-state index is 12.2. The van der Waals surface area contributed by atoms with Gasteiger partial charge in [-0.1, -0.05) is 31.4 Å². The van der Waals surface area contributed by atoms with E-state index < -0.39 is 0 Å². The zero-order valence-corrected chi connectivity index (χ0v) is 14.9. The van der Waals surface area contributed by atoms with Crippen LogP contribution < -0.4 is 10.1 Å². The number of ether oxygens (including phenoxy) is 1. The second-order valence-electron chi connectivity index (χ2n) is 6.32. The van der Waals surface area contributed by atoms with Crippen LogP contribution in [0.2, 0.25) is 0 Å². The zero-order valence-electron chi connectivity index (χ0n) is 14.1. The summed E-state index contributed by atoms with van der Waals surface area (Å²) in [5.74, 6) is 1.20. The average molecular weight is 356 g/mol. The Morgan fingerprint density at radius 2 is 2.16 bits per heavy atom. The number of amides is 1. The number of benzene rings is 1. The van der Waals surface area contributed by atoms with Gasteiger partial charge in [-0.15, -0.1) is 0 Å². The first kappa shape index (κ1) is 16.3. The lowest BCUT2D eigenvalue weighted by Gasteiger charge is -2.17. The van der Waals surface area contributed by atoms with Crippen LogP contribution in [0.4, 0.5) is 0 Å². The van der Waals surface area contributed by atoms with Crippen molar-refractivity contribution in [2.75, 3.05) is 7.11 Å². The van der Waals surface area contributed by atoms with Crippen molar-refractivity contribution in [3.8, 4) is 5.75 Å². The van der Waals surface area contributed by atoms with E-state index in [4.69, 9.17) is 14.1 Å². The summed E-state index contributed by atoms with van der Waals surface area (Å²) in [6.45, 7) is 0. The number of aliphatic imine (C=N–C) groups is 1. The van der Waals surface area contributed by atoms with Crippen LogP contribution in [-0.4, -0.2) is 24.2 Å². The van der Waals surface area contributed by atoms with Crippen LogP contribution in [0, 0.1) is 0 Å². The second kappa shape index (κ2) is 6.96. The Labute approximate surface area is 150 Å². The minimum atomic E-state index is -0.119. The molecule has 0 radical (unpaired) electrons. The Hall–Kier alpha value is -2.21. The molecule has 6 heteroatoms. The summed E-state index contributed by atoms with van der Waals surface area (Å²) in [5.41, 5.74) is 0.691. The number of carbonyl (C=O) groups excluding carboxylic acids is 1. The normalized spacial score (nSPS) is 22.0. The molecule has 130 valence electrons. The largest absolute Gasteiger partial charge is 0.493 e. The van der Waals surface area contributed by atoms with Crippen LogP contribution in [0.15, 0.2) is 38.6 Å². The summed E-state index contributed by atoms with van der Waals surface area (Å²) in [6, 6.07) is 7.98. The predicted molar refractivity (Wildman–Crippen MR) is 101 cm³/mol. The lowest BCUT2D eigenvalue weighted by Crippen LogP contribution is -2.22. The first-order valence-electron chi connectivity index (χ1n) is 8.58. The molecule has 2 fully saturated rings. The van der Waals surface area contributed by atoms with E-state index in [1.54, 1.807) is 13.2 Å². The number of rotatable bonds is 3. The third kappa shape index (κ3) is 3.44. The smallest absolute Gasteiger partial charge is 0.264 e. The van der Waals surface area contributed by atoms with Gasteiger partial charge >= 0.3 is 0 Å². The van der Waals surface area contributed by atoms with Crippen molar-refractivity contribution in [3.05, 3.63) is 34.9 Å². The zero-order chi connectivity index (χ0) is 17.2. The minimum Gasteiger partial charge on any atom is -0.493 e. The highest BCUT2D eigenvalue weighted by Crippen LogP contribution is 2.32. The molecule has 1 N–H and O–H groups in total. The summed E-state index contributed by atoms with van der Waals surface area (Å²) in [5, 5.41) is 4.52. The first-order chi connectivity index (χ1) is 12.2. The van der Waals surface area contributed by atoms with E-state index in [1.807, 2.05) is 24.3 Å². The van der Waals surface area contributed by atoms with Crippen LogP contribution >= 0.6 is 11.8 Å². The number of fused-ring (bicyclic) bond motifs is 1. The number of para-hydroxylation sites is 1. The molecule has 0 bridgehead atoms. The van der Waals surface area contributed by atoms with Gasteiger partial charge in [0.15, 0.2) is 16.5 Å². The molecule has 1 aliphatic carbocycles. The predicted octanol–water partition coefficient (Wildman–Crippen LogP) is 4.33. The van der Waals surface area contributed by atoms with Crippen LogP contribution in [0.5, 0.6) is 5.75 Å². The van der Waals surface area contributed by atoms with Gasteiger partial charge in [0.1, 0.15) is 5.76 Å². The lowest BCUT2D eigenvalue weighted by molar-refractivity contribution is -0.115. The van der Waals surface area contributed by atoms with Crippen molar-refractivity contribution in [1.29, 1.82) is 0 Å². The van der Waals surface area contributed by atoms with Crippen LogP contribution in [0.1, 0.15) is 37.9 Å². The molecule has 1 saturated heterocycles. The van der Waals surface area contributed by atoms with Crippen molar-refractivity contribution in [2.24, 2.45) is 4.99 Å². The Kier molecular flexibility index (Phi) is 4.53. The molecule has 2 heterocycles. The van der Waals surface area contributed by atoms with Crippen molar-refractivity contribution in [3.63, 3.8) is 0 Å². The second-order valence-corrected chi connectivity index (χ2v) is 7.35. The maximum atomic E-state index is 12.2. The summed E-state index contributed by atoms with van der Waals surface area (Å²) >= 11 is 1.39. The van der Waals surface area contributed by atoms with Crippen LogP contribution in [0.3, 0.4) is 0 Å². The van der Waals surface area contributed by atoms with Crippen molar-refractivity contribution >= 4 is 39.9 Å². The molecule has 2 aliphatic rings. The highest BCUT2D eigenvalue weighted by molar-refractivity contribution is 8.18. The molecule has 2 aromatic rings. The van der Waals surface area contributed by atoms with Gasteiger partial charge in [-0.3, -0.25) is 9.79 Å². The van der Waals surface area contributed by atoms with Gasteiger partial charge in [0.05, 0.1) is 18.1 Å². The van der Waals surface area contributed by atoms with E-state index in [1.165, 1.54) is 31.0 Å². The molecule has 4 rings (SSSR count). The number of carbonyl (C=O) groups is 1. The van der Waals surface area contributed by atoms with E-state index in [0.717, 1.165) is 18.2 Å². The molecule has 1 aromatic heterocycles. The molecule has 0 atom stereocenters. The van der Waals surface area contributed by atoms with E-state index >= 15 is 0 Å².